The predicted molar refractivity (Wildman–Crippen MR) is 86.4 cm³/mol. The molecule has 0 spiro atoms. The molecular formula is C16H17BrF3N3O. The number of rotatable bonds is 4. The monoisotopic (exact) mass is 403 g/mol. The average molecular weight is 404 g/mol. The first kappa shape index (κ1) is 17.4. The Morgan fingerprint density at radius 3 is 2.83 bits per heavy atom. The molecule has 1 aromatic heterocycles. The second-order valence-electron chi connectivity index (χ2n) is 5.70. The number of alkyl halides is 3. The van der Waals surface area contributed by atoms with Gasteiger partial charge in [-0.3, -0.25) is 4.90 Å². The van der Waals surface area contributed by atoms with Gasteiger partial charge < -0.3 is 9.30 Å². The van der Waals surface area contributed by atoms with Crippen LogP contribution in [0.5, 0.6) is 0 Å². The molecule has 1 atom stereocenters. The van der Waals surface area contributed by atoms with Crippen molar-refractivity contribution < 1.29 is 17.9 Å². The van der Waals surface area contributed by atoms with Gasteiger partial charge in [0.2, 0.25) is 0 Å². The highest BCUT2D eigenvalue weighted by molar-refractivity contribution is 9.10. The predicted octanol–water partition coefficient (Wildman–Crippen LogP) is 3.78. The van der Waals surface area contributed by atoms with E-state index in [4.69, 9.17) is 4.74 Å². The van der Waals surface area contributed by atoms with Crippen LogP contribution in [-0.2, 0) is 17.8 Å². The highest BCUT2D eigenvalue weighted by Gasteiger charge is 2.30. The molecule has 0 radical (unpaired) electrons. The fraction of sp³-hybridized carbons (Fsp3) is 0.438. The lowest BCUT2D eigenvalue weighted by molar-refractivity contribution is -0.141. The van der Waals surface area contributed by atoms with Crippen LogP contribution in [0.25, 0.3) is 0 Å². The van der Waals surface area contributed by atoms with Crippen molar-refractivity contribution >= 4 is 15.9 Å². The van der Waals surface area contributed by atoms with Crippen molar-refractivity contribution in [2.45, 2.75) is 25.4 Å². The molecule has 0 bridgehead atoms. The van der Waals surface area contributed by atoms with Crippen molar-refractivity contribution in [2.75, 3.05) is 19.7 Å². The lowest BCUT2D eigenvalue weighted by atomic mass is 10.1. The van der Waals surface area contributed by atoms with Crippen molar-refractivity contribution in [3.8, 4) is 0 Å². The minimum absolute atomic E-state index is 0.111. The van der Waals surface area contributed by atoms with Gasteiger partial charge in [-0.05, 0) is 11.6 Å². The molecule has 2 aromatic rings. The van der Waals surface area contributed by atoms with Gasteiger partial charge in [0.1, 0.15) is 12.4 Å². The summed E-state index contributed by atoms with van der Waals surface area (Å²) in [6, 6.07) is 7.82. The van der Waals surface area contributed by atoms with Crippen LogP contribution in [0.4, 0.5) is 13.2 Å². The Balaban J connectivity index is 1.68. The highest BCUT2D eigenvalue weighted by Crippen LogP contribution is 2.29. The zero-order chi connectivity index (χ0) is 17.2. The van der Waals surface area contributed by atoms with Gasteiger partial charge in [-0.25, -0.2) is 4.98 Å². The van der Waals surface area contributed by atoms with E-state index in [1.807, 2.05) is 24.3 Å². The molecule has 0 aliphatic carbocycles. The molecule has 2 heterocycles. The van der Waals surface area contributed by atoms with E-state index in [2.05, 4.69) is 25.8 Å². The van der Waals surface area contributed by atoms with E-state index in [0.29, 0.717) is 32.1 Å². The lowest BCUT2D eigenvalue weighted by Gasteiger charge is -2.33. The van der Waals surface area contributed by atoms with Gasteiger partial charge in [0.25, 0.3) is 0 Å². The molecule has 8 heteroatoms. The zero-order valence-electron chi connectivity index (χ0n) is 12.8. The van der Waals surface area contributed by atoms with Crippen LogP contribution in [-0.4, -0.2) is 40.3 Å². The third-order valence-corrected chi connectivity index (χ3v) is 4.64. The Kier molecular flexibility index (Phi) is 5.27. The number of hydrogen-bond acceptors (Lipinski definition) is 3. The molecule has 4 nitrogen and oxygen atoms in total. The first-order valence-electron chi connectivity index (χ1n) is 7.57. The van der Waals surface area contributed by atoms with Crippen molar-refractivity contribution in [3.05, 3.63) is 52.5 Å². The van der Waals surface area contributed by atoms with Crippen LogP contribution in [0.1, 0.15) is 17.5 Å². The van der Waals surface area contributed by atoms with Crippen LogP contribution >= 0.6 is 15.9 Å². The molecule has 1 fully saturated rings. The normalized spacial score (nSPS) is 19.6. The van der Waals surface area contributed by atoms with Gasteiger partial charge in [0.05, 0.1) is 19.3 Å². The number of nitrogens with zero attached hydrogens (tertiary/aromatic N) is 3. The maximum atomic E-state index is 12.6. The summed E-state index contributed by atoms with van der Waals surface area (Å²) in [5.41, 5.74) is 1.04. The largest absolute Gasteiger partial charge is 0.406 e. The Labute approximate surface area is 146 Å². The third kappa shape index (κ3) is 4.37. The Hall–Kier alpha value is -1.38. The molecule has 24 heavy (non-hydrogen) atoms. The summed E-state index contributed by atoms with van der Waals surface area (Å²) in [5.74, 6) is 0.417. The number of hydrogen-bond donors (Lipinski definition) is 0. The number of benzene rings is 1. The Morgan fingerprint density at radius 2 is 2.08 bits per heavy atom. The van der Waals surface area contributed by atoms with Gasteiger partial charge in [-0.2, -0.15) is 13.2 Å². The molecule has 0 saturated carbocycles. The highest BCUT2D eigenvalue weighted by atomic mass is 79.9. The third-order valence-electron chi connectivity index (χ3n) is 3.92. The Bertz CT molecular complexity index is 689. The van der Waals surface area contributed by atoms with E-state index in [-0.39, 0.29) is 6.10 Å². The van der Waals surface area contributed by atoms with E-state index in [9.17, 15) is 13.2 Å². The summed E-state index contributed by atoms with van der Waals surface area (Å²) < 4.78 is 45.8. The zero-order valence-corrected chi connectivity index (χ0v) is 14.4. The van der Waals surface area contributed by atoms with Gasteiger partial charge >= 0.3 is 6.18 Å². The molecule has 1 saturated heterocycles. The van der Waals surface area contributed by atoms with E-state index >= 15 is 0 Å². The molecule has 1 aliphatic rings. The van der Waals surface area contributed by atoms with E-state index in [1.165, 1.54) is 12.4 Å². The van der Waals surface area contributed by atoms with Gasteiger partial charge in [0, 0.05) is 30.0 Å². The number of ether oxygens (including phenoxy) is 1. The molecule has 0 N–H and O–H groups in total. The molecule has 1 unspecified atom stereocenters. The molecular weight excluding hydrogens is 387 g/mol. The summed E-state index contributed by atoms with van der Waals surface area (Å²) in [6.45, 7) is 1.17. The second kappa shape index (κ2) is 7.25. The number of halogens is 4. The minimum Gasteiger partial charge on any atom is -0.371 e. The van der Waals surface area contributed by atoms with E-state index < -0.39 is 12.7 Å². The van der Waals surface area contributed by atoms with Crippen molar-refractivity contribution in [2.24, 2.45) is 0 Å². The maximum absolute atomic E-state index is 12.6. The number of aromatic nitrogens is 2. The quantitative estimate of drug-likeness (QED) is 0.777. The van der Waals surface area contributed by atoms with Crippen LogP contribution in [0, 0.1) is 0 Å². The summed E-state index contributed by atoms with van der Waals surface area (Å²) in [5, 5.41) is 0. The average Bonchev–Trinajstić information content (AvgIpc) is 2.93. The maximum Gasteiger partial charge on any atom is 0.406 e. The fourth-order valence-electron chi connectivity index (χ4n) is 2.80. The summed E-state index contributed by atoms with van der Waals surface area (Å²) >= 11 is 3.52. The SMILES string of the molecule is FC(F)(F)Cn1ccnc1CN1CCOC(c2ccccc2Br)C1. The topological polar surface area (TPSA) is 30.3 Å². The fourth-order valence-corrected chi connectivity index (χ4v) is 3.34. The molecule has 1 aliphatic heterocycles. The van der Waals surface area contributed by atoms with Crippen LogP contribution in [0.15, 0.2) is 41.1 Å². The number of imidazole rings is 1. The minimum atomic E-state index is -4.25. The van der Waals surface area contributed by atoms with Crippen molar-refractivity contribution in [1.82, 2.24) is 14.5 Å². The van der Waals surface area contributed by atoms with Crippen molar-refractivity contribution in [3.63, 3.8) is 0 Å². The van der Waals surface area contributed by atoms with Gasteiger partial charge in [0.15, 0.2) is 0 Å². The van der Waals surface area contributed by atoms with Crippen LogP contribution < -0.4 is 0 Å². The molecule has 3 rings (SSSR count). The first-order valence-corrected chi connectivity index (χ1v) is 8.37. The smallest absolute Gasteiger partial charge is 0.371 e. The van der Waals surface area contributed by atoms with Crippen LogP contribution in [0.2, 0.25) is 0 Å². The van der Waals surface area contributed by atoms with Crippen LogP contribution in [0.3, 0.4) is 0 Å². The molecule has 0 amide bonds. The van der Waals surface area contributed by atoms with Gasteiger partial charge in [-0.1, -0.05) is 34.1 Å². The number of morpholine rings is 1. The van der Waals surface area contributed by atoms with Crippen molar-refractivity contribution in [1.29, 1.82) is 0 Å². The second-order valence-corrected chi connectivity index (χ2v) is 6.56. The van der Waals surface area contributed by atoms with Gasteiger partial charge in [-0.15, -0.1) is 0 Å². The van der Waals surface area contributed by atoms with E-state index in [1.54, 1.807) is 0 Å². The summed E-state index contributed by atoms with van der Waals surface area (Å²) in [6.07, 6.45) is -1.58. The lowest BCUT2D eigenvalue weighted by Crippen LogP contribution is -2.38. The molecule has 130 valence electrons. The van der Waals surface area contributed by atoms with E-state index in [0.717, 1.165) is 14.6 Å². The summed E-state index contributed by atoms with van der Waals surface area (Å²) in [7, 11) is 0. The summed E-state index contributed by atoms with van der Waals surface area (Å²) in [4.78, 5) is 6.15. The first-order chi connectivity index (χ1) is 11.4. The standard InChI is InChI=1S/C16H17BrF3N3O/c17-13-4-2-1-3-12(13)14-9-22(7-8-24-14)10-15-21-5-6-23(15)11-16(18,19)20/h1-6,14H,7-11H2. The Morgan fingerprint density at radius 1 is 1.29 bits per heavy atom. The molecule has 1 aromatic carbocycles.